The highest BCUT2D eigenvalue weighted by atomic mass is 16.2. The second-order valence-corrected chi connectivity index (χ2v) is 3.77. The summed E-state index contributed by atoms with van der Waals surface area (Å²) in [6.07, 6.45) is 8.45. The zero-order valence-electron chi connectivity index (χ0n) is 9.83. The van der Waals surface area contributed by atoms with Crippen molar-refractivity contribution in [2.75, 3.05) is 13.1 Å². The van der Waals surface area contributed by atoms with Crippen LogP contribution in [0.1, 0.15) is 39.5 Å². The largest absolute Gasteiger partial charge is 0.332 e. The first-order valence-electron chi connectivity index (χ1n) is 5.62. The summed E-state index contributed by atoms with van der Waals surface area (Å²) < 4.78 is 0. The van der Waals surface area contributed by atoms with Gasteiger partial charge in [-0.1, -0.05) is 26.2 Å². The number of hydrogen-bond donors (Lipinski definition) is 1. The van der Waals surface area contributed by atoms with Crippen LogP contribution in [0.5, 0.6) is 0 Å². The van der Waals surface area contributed by atoms with Gasteiger partial charge >= 0.3 is 0 Å². The number of terminal acetylenes is 1. The van der Waals surface area contributed by atoms with E-state index in [1.54, 1.807) is 4.90 Å². The van der Waals surface area contributed by atoms with E-state index in [1.165, 1.54) is 0 Å². The van der Waals surface area contributed by atoms with Crippen molar-refractivity contribution < 1.29 is 4.79 Å². The molecule has 1 unspecified atom stereocenters. The van der Waals surface area contributed by atoms with E-state index in [0.29, 0.717) is 13.0 Å². The van der Waals surface area contributed by atoms with Gasteiger partial charge in [0.05, 0.1) is 6.54 Å². The first-order chi connectivity index (χ1) is 7.15. The average Bonchev–Trinajstić information content (AvgIpc) is 2.17. The zero-order valence-corrected chi connectivity index (χ0v) is 9.83. The van der Waals surface area contributed by atoms with Crippen molar-refractivity contribution in [2.24, 2.45) is 5.73 Å². The van der Waals surface area contributed by atoms with E-state index >= 15 is 0 Å². The molecule has 0 aliphatic heterocycles. The van der Waals surface area contributed by atoms with Gasteiger partial charge in [-0.2, -0.15) is 0 Å². The second kappa shape index (κ2) is 8.31. The van der Waals surface area contributed by atoms with Crippen LogP contribution in [0.25, 0.3) is 0 Å². The van der Waals surface area contributed by atoms with E-state index in [4.69, 9.17) is 12.2 Å². The highest BCUT2D eigenvalue weighted by Crippen LogP contribution is 2.03. The van der Waals surface area contributed by atoms with Crippen LogP contribution in [0.3, 0.4) is 0 Å². The Kier molecular flexibility index (Phi) is 7.75. The smallest absolute Gasteiger partial charge is 0.224 e. The van der Waals surface area contributed by atoms with E-state index in [9.17, 15) is 4.79 Å². The summed E-state index contributed by atoms with van der Waals surface area (Å²) in [5, 5.41) is 0. The lowest BCUT2D eigenvalue weighted by molar-refractivity contribution is -0.131. The number of nitrogens with two attached hydrogens (primary N) is 1. The molecule has 3 nitrogen and oxygen atoms in total. The molecule has 0 aliphatic carbocycles. The van der Waals surface area contributed by atoms with Crippen molar-refractivity contribution in [2.45, 2.75) is 45.6 Å². The molecule has 0 aromatic heterocycles. The number of carbonyl (C=O) groups excluding carboxylic acids is 1. The molecule has 0 aromatic carbocycles. The van der Waals surface area contributed by atoms with Gasteiger partial charge in [0.1, 0.15) is 0 Å². The van der Waals surface area contributed by atoms with Crippen LogP contribution in [0.2, 0.25) is 0 Å². The van der Waals surface area contributed by atoms with E-state index < -0.39 is 0 Å². The third-order valence-corrected chi connectivity index (χ3v) is 2.22. The van der Waals surface area contributed by atoms with Gasteiger partial charge in [0.15, 0.2) is 0 Å². The standard InChI is InChI=1S/C12H22N2O/c1-4-7-11(13)10-12(15)14(8-5-2)9-6-3/h2,11H,4,6-10,13H2,1,3H3. The summed E-state index contributed by atoms with van der Waals surface area (Å²) >= 11 is 0. The molecule has 0 rings (SSSR count). The van der Waals surface area contributed by atoms with Crippen molar-refractivity contribution >= 4 is 5.91 Å². The van der Waals surface area contributed by atoms with E-state index in [-0.39, 0.29) is 11.9 Å². The van der Waals surface area contributed by atoms with Crippen LogP contribution >= 0.6 is 0 Å². The molecule has 0 saturated carbocycles. The fraction of sp³-hybridized carbons (Fsp3) is 0.750. The molecule has 0 aromatic rings. The molecule has 1 atom stereocenters. The van der Waals surface area contributed by atoms with E-state index in [1.807, 2.05) is 6.92 Å². The second-order valence-electron chi connectivity index (χ2n) is 3.77. The Bertz CT molecular complexity index is 220. The van der Waals surface area contributed by atoms with Crippen molar-refractivity contribution in [3.8, 4) is 12.3 Å². The number of rotatable bonds is 7. The molecule has 0 spiro atoms. The van der Waals surface area contributed by atoms with Crippen LogP contribution in [-0.4, -0.2) is 29.9 Å². The Balaban J connectivity index is 4.07. The molecule has 86 valence electrons. The minimum absolute atomic E-state index is 0.0281. The minimum atomic E-state index is -0.0281. The number of amides is 1. The first-order valence-corrected chi connectivity index (χ1v) is 5.62. The molecule has 1 amide bonds. The molecule has 15 heavy (non-hydrogen) atoms. The SMILES string of the molecule is C#CCN(CCC)C(=O)CC(N)CCC. The van der Waals surface area contributed by atoms with Crippen LogP contribution < -0.4 is 5.73 Å². The molecule has 0 aliphatic rings. The average molecular weight is 210 g/mol. The predicted molar refractivity (Wildman–Crippen MR) is 63.2 cm³/mol. The van der Waals surface area contributed by atoms with Gasteiger partial charge < -0.3 is 10.6 Å². The summed E-state index contributed by atoms with van der Waals surface area (Å²) in [6, 6.07) is -0.0281. The molecule has 0 fully saturated rings. The number of hydrogen-bond acceptors (Lipinski definition) is 2. The van der Waals surface area contributed by atoms with Gasteiger partial charge in [-0.3, -0.25) is 4.79 Å². The Labute approximate surface area is 93.0 Å². The molecular formula is C12H22N2O. The van der Waals surface area contributed by atoms with Crippen molar-refractivity contribution in [3.63, 3.8) is 0 Å². The van der Waals surface area contributed by atoms with Gasteiger partial charge in [0, 0.05) is 19.0 Å². The van der Waals surface area contributed by atoms with Gasteiger partial charge in [0.2, 0.25) is 5.91 Å². The van der Waals surface area contributed by atoms with Crippen LogP contribution in [-0.2, 0) is 4.79 Å². The van der Waals surface area contributed by atoms with Crippen molar-refractivity contribution in [1.82, 2.24) is 4.90 Å². The Morgan fingerprint density at radius 2 is 2.13 bits per heavy atom. The first kappa shape index (κ1) is 14.0. The lowest BCUT2D eigenvalue weighted by Gasteiger charge is -2.21. The van der Waals surface area contributed by atoms with Crippen LogP contribution in [0.4, 0.5) is 0 Å². The lowest BCUT2D eigenvalue weighted by atomic mass is 10.1. The maximum absolute atomic E-state index is 11.8. The third kappa shape index (κ3) is 6.14. The number of nitrogens with zero attached hydrogens (tertiary/aromatic N) is 1. The quantitative estimate of drug-likeness (QED) is 0.645. The normalized spacial score (nSPS) is 11.9. The van der Waals surface area contributed by atoms with Gasteiger partial charge in [-0.05, 0) is 12.8 Å². The molecule has 2 N–H and O–H groups in total. The zero-order chi connectivity index (χ0) is 11.7. The maximum Gasteiger partial charge on any atom is 0.224 e. The third-order valence-electron chi connectivity index (χ3n) is 2.22. The van der Waals surface area contributed by atoms with Gasteiger partial charge in [0.25, 0.3) is 0 Å². The van der Waals surface area contributed by atoms with Gasteiger partial charge in [-0.15, -0.1) is 6.42 Å². The highest BCUT2D eigenvalue weighted by molar-refractivity contribution is 5.77. The topological polar surface area (TPSA) is 46.3 Å². The fourth-order valence-corrected chi connectivity index (χ4v) is 1.50. The van der Waals surface area contributed by atoms with Crippen molar-refractivity contribution in [3.05, 3.63) is 0 Å². The summed E-state index contributed by atoms with van der Waals surface area (Å²) in [5.74, 6) is 2.58. The molecule has 0 bridgehead atoms. The summed E-state index contributed by atoms with van der Waals surface area (Å²) in [7, 11) is 0. The number of carbonyl (C=O) groups is 1. The Morgan fingerprint density at radius 1 is 1.47 bits per heavy atom. The van der Waals surface area contributed by atoms with E-state index in [2.05, 4.69) is 12.8 Å². The van der Waals surface area contributed by atoms with E-state index in [0.717, 1.165) is 25.8 Å². The summed E-state index contributed by atoms with van der Waals surface area (Å²) in [6.45, 7) is 5.21. The highest BCUT2D eigenvalue weighted by Gasteiger charge is 2.14. The molecular weight excluding hydrogens is 188 g/mol. The van der Waals surface area contributed by atoms with Crippen molar-refractivity contribution in [1.29, 1.82) is 0 Å². The Hall–Kier alpha value is -1.01. The van der Waals surface area contributed by atoms with Gasteiger partial charge in [-0.25, -0.2) is 0 Å². The Morgan fingerprint density at radius 3 is 2.60 bits per heavy atom. The summed E-state index contributed by atoms with van der Waals surface area (Å²) in [4.78, 5) is 13.5. The van der Waals surface area contributed by atoms with Crippen LogP contribution in [0, 0.1) is 12.3 Å². The lowest BCUT2D eigenvalue weighted by Crippen LogP contribution is -2.36. The van der Waals surface area contributed by atoms with Crippen LogP contribution in [0.15, 0.2) is 0 Å². The minimum Gasteiger partial charge on any atom is -0.332 e. The molecule has 0 heterocycles. The molecule has 0 saturated heterocycles. The summed E-state index contributed by atoms with van der Waals surface area (Å²) in [5.41, 5.74) is 5.82. The fourth-order valence-electron chi connectivity index (χ4n) is 1.50. The predicted octanol–water partition coefficient (Wildman–Crippen LogP) is 1.38. The molecule has 3 heteroatoms. The maximum atomic E-state index is 11.8. The molecule has 0 radical (unpaired) electrons. The monoisotopic (exact) mass is 210 g/mol.